The summed E-state index contributed by atoms with van der Waals surface area (Å²) in [4.78, 5) is 41.9. The minimum atomic E-state index is -1.41. The molecule has 2 fully saturated rings. The zero-order chi connectivity index (χ0) is 23.1. The number of nitrogens with one attached hydrogen (secondary N) is 2. The molecule has 33 heavy (non-hydrogen) atoms. The molecule has 1 spiro atoms. The topological polar surface area (TPSA) is 117 Å². The van der Waals surface area contributed by atoms with Gasteiger partial charge in [-0.2, -0.15) is 0 Å². The maximum absolute atomic E-state index is 13.8. The van der Waals surface area contributed by atoms with Crippen LogP contribution >= 0.6 is 0 Å². The van der Waals surface area contributed by atoms with E-state index in [-0.39, 0.29) is 19.2 Å². The van der Waals surface area contributed by atoms with Gasteiger partial charge in [-0.25, -0.2) is 0 Å². The Morgan fingerprint density at radius 1 is 1.12 bits per heavy atom. The van der Waals surface area contributed by atoms with Gasteiger partial charge in [0.2, 0.25) is 24.5 Å². The summed E-state index contributed by atoms with van der Waals surface area (Å²) in [7, 11) is 0. The van der Waals surface area contributed by atoms with Crippen molar-refractivity contribution < 1.29 is 29.0 Å². The van der Waals surface area contributed by atoms with Crippen molar-refractivity contribution in [1.82, 2.24) is 10.2 Å². The molecule has 9 nitrogen and oxygen atoms in total. The monoisotopic (exact) mass is 449 g/mol. The smallest absolute Gasteiger partial charge is 0.250 e. The number of nitrogens with zero attached hydrogens (tertiary/aromatic N) is 1. The number of anilines is 1. The van der Waals surface area contributed by atoms with E-state index in [9.17, 15) is 19.5 Å². The highest BCUT2D eigenvalue weighted by molar-refractivity contribution is 6.15. The molecule has 0 aliphatic carbocycles. The first-order chi connectivity index (χ1) is 15.8. The molecule has 2 aromatic rings. The van der Waals surface area contributed by atoms with Crippen molar-refractivity contribution in [2.75, 3.05) is 12.1 Å². The van der Waals surface area contributed by atoms with E-state index in [2.05, 4.69) is 10.6 Å². The summed E-state index contributed by atoms with van der Waals surface area (Å²) in [5, 5.41) is 16.6. The predicted molar refractivity (Wildman–Crippen MR) is 115 cm³/mol. The van der Waals surface area contributed by atoms with Crippen molar-refractivity contribution in [3.63, 3.8) is 0 Å². The quantitative estimate of drug-likeness (QED) is 0.599. The molecule has 0 unspecified atom stereocenters. The molecule has 4 aliphatic rings. The number of fused-ring (bicyclic) bond motifs is 5. The van der Waals surface area contributed by atoms with Gasteiger partial charge in [-0.3, -0.25) is 24.6 Å². The summed E-state index contributed by atoms with van der Waals surface area (Å²) in [5.74, 6) is -1.85. The summed E-state index contributed by atoms with van der Waals surface area (Å²) >= 11 is 0. The van der Waals surface area contributed by atoms with E-state index < -0.39 is 41.3 Å². The number of aryl methyl sites for hydroxylation is 1. The number of likely N-dealkylation sites (tertiary alicyclic amines) is 1. The summed E-state index contributed by atoms with van der Waals surface area (Å²) in [6.07, 6.45) is -0.944. The summed E-state index contributed by atoms with van der Waals surface area (Å²) in [5.41, 5.74) is 1.47. The highest BCUT2D eigenvalue weighted by Crippen LogP contribution is 2.53. The fraction of sp³-hybridized carbons (Fsp3) is 0.375. The summed E-state index contributed by atoms with van der Waals surface area (Å²) < 4.78 is 10.7. The van der Waals surface area contributed by atoms with Gasteiger partial charge in [0.15, 0.2) is 11.5 Å². The van der Waals surface area contributed by atoms with Crippen molar-refractivity contribution in [2.45, 2.75) is 38.1 Å². The number of benzene rings is 2. The number of amides is 3. The van der Waals surface area contributed by atoms with E-state index in [0.29, 0.717) is 28.3 Å². The molecular weight excluding hydrogens is 426 g/mol. The molecule has 0 radical (unpaired) electrons. The first kappa shape index (κ1) is 20.2. The number of aliphatic hydroxyl groups excluding tert-OH is 1. The zero-order valence-corrected chi connectivity index (χ0v) is 18.1. The number of carbonyl (C=O) groups is 3. The van der Waals surface area contributed by atoms with Gasteiger partial charge >= 0.3 is 0 Å². The van der Waals surface area contributed by atoms with Gasteiger partial charge in [0.25, 0.3) is 0 Å². The third-order valence-electron chi connectivity index (χ3n) is 7.19. The molecule has 9 heteroatoms. The lowest BCUT2D eigenvalue weighted by Crippen LogP contribution is -2.54. The molecule has 2 saturated heterocycles. The van der Waals surface area contributed by atoms with Gasteiger partial charge in [0, 0.05) is 17.3 Å². The van der Waals surface area contributed by atoms with E-state index in [1.807, 2.05) is 19.1 Å². The van der Waals surface area contributed by atoms with E-state index in [1.54, 1.807) is 31.2 Å². The van der Waals surface area contributed by atoms with E-state index in [1.165, 1.54) is 4.90 Å². The van der Waals surface area contributed by atoms with Gasteiger partial charge in [-0.05, 0) is 37.6 Å². The molecule has 0 aromatic heterocycles. The standard InChI is InChI=1S/C24H23N3O6/c1-11-3-5-15-14(7-11)24(23(31)25-15)19-18(20(26-24)12(2)28)21(29)27(22(19)30)9-13-4-6-16-17(8-13)33-10-32-16/h3-8,12,18-20,26,28H,9-10H2,1-2H3,(H,25,31)/t12-,18+,19+,20-,24-/m1/s1. The van der Waals surface area contributed by atoms with Gasteiger partial charge in [-0.15, -0.1) is 0 Å². The number of ether oxygens (including phenoxy) is 2. The largest absolute Gasteiger partial charge is 0.454 e. The predicted octanol–water partition coefficient (Wildman–Crippen LogP) is 1.03. The van der Waals surface area contributed by atoms with Crippen LogP contribution in [-0.4, -0.2) is 46.7 Å². The Labute approximate surface area is 189 Å². The van der Waals surface area contributed by atoms with Crippen LogP contribution in [0.4, 0.5) is 5.69 Å². The second-order valence-electron chi connectivity index (χ2n) is 9.18. The Balaban J connectivity index is 1.42. The molecule has 4 aliphatic heterocycles. The highest BCUT2D eigenvalue weighted by Gasteiger charge is 2.71. The molecule has 3 amide bonds. The lowest BCUT2D eigenvalue weighted by molar-refractivity contribution is -0.143. The SMILES string of the molecule is Cc1ccc2c(c1)[C@]1(N[C@H]([C@@H](C)O)[C@H]3C(=O)N(Cc4ccc5c(c4)OCO5)C(=O)[C@H]31)C(=O)N2. The Morgan fingerprint density at radius 3 is 2.70 bits per heavy atom. The number of hydrogen-bond donors (Lipinski definition) is 3. The van der Waals surface area contributed by atoms with Crippen LogP contribution in [-0.2, 0) is 26.5 Å². The molecule has 5 atom stereocenters. The van der Waals surface area contributed by atoms with Crippen LogP contribution in [0.5, 0.6) is 11.5 Å². The number of aliphatic hydroxyl groups is 1. The molecule has 4 heterocycles. The lowest BCUT2D eigenvalue weighted by Gasteiger charge is -2.30. The summed E-state index contributed by atoms with van der Waals surface area (Å²) in [6.45, 7) is 3.65. The van der Waals surface area contributed by atoms with Crippen molar-refractivity contribution in [3.05, 3.63) is 53.1 Å². The lowest BCUT2D eigenvalue weighted by atomic mass is 9.76. The van der Waals surface area contributed by atoms with Crippen LogP contribution in [0.15, 0.2) is 36.4 Å². The van der Waals surface area contributed by atoms with Crippen LogP contribution in [0.3, 0.4) is 0 Å². The highest BCUT2D eigenvalue weighted by atomic mass is 16.7. The molecule has 0 saturated carbocycles. The van der Waals surface area contributed by atoms with Crippen molar-refractivity contribution in [2.24, 2.45) is 11.8 Å². The first-order valence-electron chi connectivity index (χ1n) is 10.9. The van der Waals surface area contributed by atoms with Crippen LogP contribution in [0.1, 0.15) is 23.6 Å². The number of hydrogen-bond acceptors (Lipinski definition) is 7. The van der Waals surface area contributed by atoms with Crippen molar-refractivity contribution >= 4 is 23.4 Å². The van der Waals surface area contributed by atoms with Crippen LogP contribution in [0, 0.1) is 18.8 Å². The first-order valence-corrected chi connectivity index (χ1v) is 10.9. The third-order valence-corrected chi connectivity index (χ3v) is 7.19. The van der Waals surface area contributed by atoms with E-state index in [4.69, 9.17) is 9.47 Å². The second-order valence-corrected chi connectivity index (χ2v) is 9.18. The minimum absolute atomic E-state index is 0.0478. The second kappa shape index (κ2) is 6.79. The minimum Gasteiger partial charge on any atom is -0.454 e. The molecule has 2 aromatic carbocycles. The normalized spacial score (nSPS) is 30.1. The molecule has 6 rings (SSSR count). The van der Waals surface area contributed by atoms with Gasteiger partial charge < -0.3 is 19.9 Å². The maximum atomic E-state index is 13.8. The Kier molecular flexibility index (Phi) is 4.15. The molecule has 0 bridgehead atoms. The van der Waals surface area contributed by atoms with Crippen molar-refractivity contribution in [1.29, 1.82) is 0 Å². The van der Waals surface area contributed by atoms with E-state index in [0.717, 1.165) is 5.56 Å². The third kappa shape index (κ3) is 2.63. The van der Waals surface area contributed by atoms with Crippen LogP contribution < -0.4 is 20.1 Å². The molecule has 3 N–H and O–H groups in total. The zero-order valence-electron chi connectivity index (χ0n) is 18.1. The average Bonchev–Trinajstić information content (AvgIpc) is 3.51. The Morgan fingerprint density at radius 2 is 1.91 bits per heavy atom. The molecular formula is C24H23N3O6. The fourth-order valence-electron chi connectivity index (χ4n) is 5.70. The van der Waals surface area contributed by atoms with Gasteiger partial charge in [0.05, 0.1) is 24.5 Å². The fourth-order valence-corrected chi connectivity index (χ4v) is 5.70. The number of carbonyl (C=O) groups excluding carboxylic acids is 3. The maximum Gasteiger partial charge on any atom is 0.250 e. The Bertz CT molecular complexity index is 1230. The van der Waals surface area contributed by atoms with Crippen molar-refractivity contribution in [3.8, 4) is 11.5 Å². The number of imide groups is 1. The van der Waals surface area contributed by atoms with Gasteiger partial charge in [-0.1, -0.05) is 23.8 Å². The summed E-state index contributed by atoms with van der Waals surface area (Å²) in [6, 6.07) is 10.1. The van der Waals surface area contributed by atoms with Gasteiger partial charge in [0.1, 0.15) is 5.54 Å². The Hall–Kier alpha value is -3.43. The van der Waals surface area contributed by atoms with Crippen LogP contribution in [0.25, 0.3) is 0 Å². The number of rotatable bonds is 3. The van der Waals surface area contributed by atoms with E-state index >= 15 is 0 Å². The molecule has 170 valence electrons. The average molecular weight is 449 g/mol. The van der Waals surface area contributed by atoms with Crippen LogP contribution in [0.2, 0.25) is 0 Å².